The van der Waals surface area contributed by atoms with Crippen molar-refractivity contribution < 1.29 is 23.9 Å². The first-order valence-electron chi connectivity index (χ1n) is 13.4. The highest BCUT2D eigenvalue weighted by Crippen LogP contribution is 2.45. The Morgan fingerprint density at radius 3 is 1.97 bits per heavy atom. The van der Waals surface area contributed by atoms with Crippen LogP contribution >= 0.6 is 0 Å². The van der Waals surface area contributed by atoms with Crippen molar-refractivity contribution >= 4 is 30.8 Å². The largest absolute Gasteiger partial charge is 0.466 e. The maximum absolute atomic E-state index is 12.8. The Bertz CT molecular complexity index is 995. The van der Waals surface area contributed by atoms with E-state index in [1.54, 1.807) is 6.92 Å². The third kappa shape index (κ3) is 7.02. The van der Waals surface area contributed by atoms with E-state index < -0.39 is 25.0 Å². The van der Waals surface area contributed by atoms with Crippen LogP contribution in [0.25, 0.3) is 0 Å². The van der Waals surface area contributed by atoms with Crippen LogP contribution in [0, 0.1) is 11.8 Å². The Kier molecular flexibility index (Phi) is 9.24. The molecule has 0 heterocycles. The Morgan fingerprint density at radius 1 is 0.946 bits per heavy atom. The van der Waals surface area contributed by atoms with E-state index in [-0.39, 0.29) is 23.8 Å². The lowest BCUT2D eigenvalue weighted by molar-refractivity contribution is -0.149. The zero-order chi connectivity index (χ0) is 27.3. The number of carbonyl (C=O) groups excluding carboxylic acids is 2. The van der Waals surface area contributed by atoms with Crippen molar-refractivity contribution in [3.05, 3.63) is 60.7 Å². The van der Waals surface area contributed by atoms with E-state index in [2.05, 4.69) is 19.2 Å². The average Bonchev–Trinajstić information content (AvgIpc) is 2.84. The fourth-order valence-electron chi connectivity index (χ4n) is 5.70. The number of alkyl carbamates (subject to hydrolysis) is 1. The van der Waals surface area contributed by atoms with Gasteiger partial charge in [0.25, 0.3) is 8.32 Å². The van der Waals surface area contributed by atoms with Gasteiger partial charge < -0.3 is 19.6 Å². The normalized spacial score (nSPS) is 20.7. The topological polar surface area (TPSA) is 84.9 Å². The molecule has 37 heavy (non-hydrogen) atoms. The van der Waals surface area contributed by atoms with Crippen LogP contribution in [-0.4, -0.2) is 43.4 Å². The molecule has 0 unspecified atom stereocenters. The van der Waals surface area contributed by atoms with Gasteiger partial charge in [0.1, 0.15) is 5.60 Å². The lowest BCUT2D eigenvalue weighted by atomic mass is 9.74. The molecule has 2 aromatic carbocycles. The molecule has 3 atom stereocenters. The standard InChI is InChI=1S/C30H43NO5Si/c1-7-35-27(32)22-18-19-23(26(20-22)31-28(33)36-29(2,3)4)21-30(5,6)37(34,24-14-10-8-11-15-24)25-16-12-9-13-17-25/h8-17,22-23,26,34H,7,18-21H2,1-6H3,(H,31,33)/t22-,23-,26+/m0/s1. The number of hydrogen-bond acceptors (Lipinski definition) is 5. The third-order valence-electron chi connectivity index (χ3n) is 7.45. The monoisotopic (exact) mass is 525 g/mol. The number of amides is 1. The second-order valence-electron chi connectivity index (χ2n) is 11.8. The summed E-state index contributed by atoms with van der Waals surface area (Å²) in [4.78, 5) is 38.0. The van der Waals surface area contributed by atoms with Gasteiger partial charge in [0, 0.05) is 6.04 Å². The molecule has 3 rings (SSSR count). The maximum atomic E-state index is 12.8. The molecule has 0 bridgehead atoms. The number of nitrogens with one attached hydrogen (secondary N) is 1. The van der Waals surface area contributed by atoms with Gasteiger partial charge in [0.2, 0.25) is 0 Å². The van der Waals surface area contributed by atoms with E-state index in [1.165, 1.54) is 0 Å². The Morgan fingerprint density at radius 2 is 1.49 bits per heavy atom. The SMILES string of the molecule is CCOC(=O)[C@H]1CC[C@@H](CC(C)(C)[Si](O)(c2ccccc2)c2ccccc2)[C@H](NC(=O)OC(C)(C)C)C1. The van der Waals surface area contributed by atoms with Crippen molar-refractivity contribution in [3.8, 4) is 0 Å². The van der Waals surface area contributed by atoms with E-state index in [0.29, 0.717) is 25.9 Å². The number of benzene rings is 2. The van der Waals surface area contributed by atoms with Crippen LogP contribution in [0.1, 0.15) is 67.2 Å². The Hall–Kier alpha value is -2.64. The van der Waals surface area contributed by atoms with Crippen molar-refractivity contribution in [3.63, 3.8) is 0 Å². The first-order valence-corrected chi connectivity index (χ1v) is 15.3. The zero-order valence-electron chi connectivity index (χ0n) is 23.1. The highest BCUT2D eigenvalue weighted by Gasteiger charge is 2.52. The molecule has 0 spiro atoms. The molecule has 1 fully saturated rings. The molecule has 0 radical (unpaired) electrons. The van der Waals surface area contributed by atoms with Crippen LogP contribution in [0.3, 0.4) is 0 Å². The zero-order valence-corrected chi connectivity index (χ0v) is 24.1. The van der Waals surface area contributed by atoms with Gasteiger partial charge in [-0.2, -0.15) is 0 Å². The average molecular weight is 526 g/mol. The Labute approximate surface area is 222 Å². The molecule has 202 valence electrons. The summed E-state index contributed by atoms with van der Waals surface area (Å²) in [7, 11) is -3.21. The number of esters is 1. The number of carbonyl (C=O) groups is 2. The molecular formula is C30H43NO5Si. The summed E-state index contributed by atoms with van der Waals surface area (Å²) >= 11 is 0. The van der Waals surface area contributed by atoms with Gasteiger partial charge in [0.05, 0.1) is 12.5 Å². The minimum Gasteiger partial charge on any atom is -0.466 e. The predicted molar refractivity (Wildman–Crippen MR) is 149 cm³/mol. The highest BCUT2D eigenvalue weighted by atomic mass is 28.4. The van der Waals surface area contributed by atoms with Gasteiger partial charge in [-0.25, -0.2) is 4.79 Å². The van der Waals surface area contributed by atoms with E-state index in [4.69, 9.17) is 9.47 Å². The lowest BCUT2D eigenvalue weighted by Gasteiger charge is -2.46. The van der Waals surface area contributed by atoms with Gasteiger partial charge in [-0.3, -0.25) is 4.79 Å². The van der Waals surface area contributed by atoms with Gasteiger partial charge >= 0.3 is 12.1 Å². The molecule has 6 nitrogen and oxygen atoms in total. The van der Waals surface area contributed by atoms with Gasteiger partial charge in [-0.15, -0.1) is 0 Å². The molecule has 7 heteroatoms. The molecule has 1 aliphatic rings. The van der Waals surface area contributed by atoms with Crippen LogP contribution in [0.5, 0.6) is 0 Å². The van der Waals surface area contributed by atoms with Crippen molar-refractivity contribution in [2.24, 2.45) is 11.8 Å². The van der Waals surface area contributed by atoms with Crippen molar-refractivity contribution in [2.45, 2.75) is 83.9 Å². The van der Waals surface area contributed by atoms with Crippen LogP contribution in [0.4, 0.5) is 4.79 Å². The van der Waals surface area contributed by atoms with Crippen LogP contribution in [0.2, 0.25) is 5.04 Å². The molecular weight excluding hydrogens is 482 g/mol. The van der Waals surface area contributed by atoms with Gasteiger partial charge in [-0.05, 0) is 74.7 Å². The molecule has 2 aromatic rings. The molecule has 0 aliphatic heterocycles. The second kappa shape index (κ2) is 11.8. The van der Waals surface area contributed by atoms with Crippen LogP contribution < -0.4 is 15.7 Å². The van der Waals surface area contributed by atoms with Gasteiger partial charge in [0.15, 0.2) is 0 Å². The van der Waals surface area contributed by atoms with Crippen LogP contribution in [-0.2, 0) is 14.3 Å². The second-order valence-corrected chi connectivity index (χ2v) is 15.7. The summed E-state index contributed by atoms with van der Waals surface area (Å²) < 4.78 is 10.9. The van der Waals surface area contributed by atoms with Gasteiger partial charge in [-0.1, -0.05) is 74.5 Å². The summed E-state index contributed by atoms with van der Waals surface area (Å²) in [5, 5.41) is 4.53. The van der Waals surface area contributed by atoms with Crippen molar-refractivity contribution in [1.82, 2.24) is 5.32 Å². The minimum atomic E-state index is -3.21. The summed E-state index contributed by atoms with van der Waals surface area (Å²) in [6.07, 6.45) is 2.15. The summed E-state index contributed by atoms with van der Waals surface area (Å²) in [6.45, 7) is 11.9. The fraction of sp³-hybridized carbons (Fsp3) is 0.533. The first kappa shape index (κ1) is 28.9. The molecule has 1 amide bonds. The summed E-state index contributed by atoms with van der Waals surface area (Å²) in [6, 6.07) is 19.7. The number of hydrogen-bond donors (Lipinski definition) is 2. The van der Waals surface area contributed by atoms with Crippen molar-refractivity contribution in [2.75, 3.05) is 6.61 Å². The van der Waals surface area contributed by atoms with E-state index in [9.17, 15) is 14.4 Å². The van der Waals surface area contributed by atoms with E-state index in [1.807, 2.05) is 81.4 Å². The Balaban J connectivity index is 1.93. The minimum absolute atomic E-state index is 0.0691. The lowest BCUT2D eigenvalue weighted by Crippen LogP contribution is -2.66. The molecule has 0 saturated heterocycles. The van der Waals surface area contributed by atoms with E-state index in [0.717, 1.165) is 16.8 Å². The third-order valence-corrected chi connectivity index (χ3v) is 12.0. The number of rotatable bonds is 8. The fourth-order valence-corrected chi connectivity index (χ4v) is 9.50. The van der Waals surface area contributed by atoms with Crippen molar-refractivity contribution in [1.29, 1.82) is 0 Å². The molecule has 1 saturated carbocycles. The predicted octanol–water partition coefficient (Wildman–Crippen LogP) is 4.78. The number of ether oxygens (including phenoxy) is 2. The van der Waals surface area contributed by atoms with Crippen LogP contribution in [0.15, 0.2) is 60.7 Å². The molecule has 0 aromatic heterocycles. The quantitative estimate of drug-likeness (QED) is 0.383. The summed E-state index contributed by atoms with van der Waals surface area (Å²) in [5.41, 5.74) is -0.623. The first-order chi connectivity index (χ1) is 17.4. The maximum Gasteiger partial charge on any atom is 0.407 e. The summed E-state index contributed by atoms with van der Waals surface area (Å²) in [5.74, 6) is -0.408. The molecule has 1 aliphatic carbocycles. The highest BCUT2D eigenvalue weighted by molar-refractivity contribution is 6.98. The van der Waals surface area contributed by atoms with E-state index >= 15 is 0 Å². The molecule has 2 N–H and O–H groups in total. The smallest absolute Gasteiger partial charge is 0.407 e.